The van der Waals surface area contributed by atoms with Gasteiger partial charge in [-0.25, -0.2) is 4.98 Å². The van der Waals surface area contributed by atoms with E-state index in [0.29, 0.717) is 32.8 Å². The summed E-state index contributed by atoms with van der Waals surface area (Å²) in [5.41, 5.74) is 0.474. The number of nitrogens with zero attached hydrogens (tertiary/aromatic N) is 2. The number of furan rings is 1. The monoisotopic (exact) mass is 415 g/mol. The van der Waals surface area contributed by atoms with E-state index in [4.69, 9.17) is 4.42 Å². The highest BCUT2D eigenvalue weighted by atomic mass is 79.9. The second kappa shape index (κ2) is 6.66. The Hall–Kier alpha value is -1.32. The Morgan fingerprint density at radius 1 is 1.48 bits per heavy atom. The van der Waals surface area contributed by atoms with Crippen LogP contribution in [0.15, 0.2) is 21.3 Å². The molecule has 9 heteroatoms. The molecule has 0 aromatic carbocycles. The lowest BCUT2D eigenvalue weighted by Gasteiger charge is -2.22. The van der Waals surface area contributed by atoms with Gasteiger partial charge in [-0.1, -0.05) is 0 Å². The first-order chi connectivity index (χ1) is 11.0. The van der Waals surface area contributed by atoms with Gasteiger partial charge < -0.3 is 14.6 Å². The van der Waals surface area contributed by atoms with Crippen LogP contribution in [0.3, 0.4) is 0 Å². The Balaban J connectivity index is 1.75. The smallest absolute Gasteiger partial charge is 0.258 e. The maximum absolute atomic E-state index is 12.7. The van der Waals surface area contributed by atoms with Crippen LogP contribution in [-0.4, -0.2) is 39.4 Å². The molecule has 0 saturated carbocycles. The zero-order valence-electron chi connectivity index (χ0n) is 12.5. The number of thiazole rings is 1. The number of nitrogens with one attached hydrogen (secondary N) is 1. The molecule has 2 amide bonds. The van der Waals surface area contributed by atoms with E-state index in [1.165, 1.54) is 11.3 Å². The molecule has 122 valence electrons. The SMILES string of the molecule is Cc1cnc(NC(=O)C2CSCN2C(=O)c2cc(Br)oc2C)s1. The molecular weight excluding hydrogens is 402 g/mol. The van der Waals surface area contributed by atoms with Crippen molar-refractivity contribution in [2.24, 2.45) is 0 Å². The molecule has 1 atom stereocenters. The van der Waals surface area contributed by atoms with Gasteiger partial charge in [-0.3, -0.25) is 9.59 Å². The van der Waals surface area contributed by atoms with E-state index in [2.05, 4.69) is 26.2 Å². The van der Waals surface area contributed by atoms with Crippen molar-refractivity contribution < 1.29 is 14.0 Å². The molecule has 2 aromatic heterocycles. The fraction of sp³-hybridized carbons (Fsp3) is 0.357. The highest BCUT2D eigenvalue weighted by Gasteiger charge is 2.36. The maximum Gasteiger partial charge on any atom is 0.258 e. The van der Waals surface area contributed by atoms with Crippen LogP contribution in [-0.2, 0) is 4.79 Å². The molecule has 2 aromatic rings. The number of carbonyl (C=O) groups is 2. The summed E-state index contributed by atoms with van der Waals surface area (Å²) in [4.78, 5) is 31.9. The van der Waals surface area contributed by atoms with E-state index in [-0.39, 0.29) is 11.8 Å². The van der Waals surface area contributed by atoms with Gasteiger partial charge in [0, 0.05) is 22.9 Å². The van der Waals surface area contributed by atoms with Crippen molar-refractivity contribution in [1.29, 1.82) is 0 Å². The molecular formula is C14H14BrN3O3S2. The van der Waals surface area contributed by atoms with Crippen LogP contribution in [0.25, 0.3) is 0 Å². The standard InChI is InChI=1S/C14H14BrN3O3S2/c1-7-4-16-14(23-7)17-12(19)10-5-22-6-18(10)13(20)9-3-11(15)21-8(9)2/h3-4,10H,5-6H2,1-2H3,(H,16,17,19). The summed E-state index contributed by atoms with van der Waals surface area (Å²) in [6, 6.07) is 1.13. The maximum atomic E-state index is 12.7. The molecule has 0 aliphatic carbocycles. The van der Waals surface area contributed by atoms with E-state index in [1.54, 1.807) is 35.8 Å². The molecule has 0 spiro atoms. The van der Waals surface area contributed by atoms with Gasteiger partial charge in [-0.05, 0) is 29.8 Å². The number of thioether (sulfide) groups is 1. The molecule has 0 radical (unpaired) electrons. The summed E-state index contributed by atoms with van der Waals surface area (Å²) in [7, 11) is 0. The van der Waals surface area contributed by atoms with Crippen LogP contribution in [0.1, 0.15) is 21.0 Å². The third-order valence-electron chi connectivity index (χ3n) is 3.42. The summed E-state index contributed by atoms with van der Waals surface area (Å²) >= 11 is 6.19. The molecule has 1 unspecified atom stereocenters. The number of anilines is 1. The molecule has 3 rings (SSSR count). The number of aryl methyl sites for hydroxylation is 2. The van der Waals surface area contributed by atoms with Crippen LogP contribution < -0.4 is 5.32 Å². The van der Waals surface area contributed by atoms with E-state index in [9.17, 15) is 9.59 Å². The minimum atomic E-state index is -0.509. The molecule has 1 saturated heterocycles. The number of amides is 2. The zero-order chi connectivity index (χ0) is 16.6. The van der Waals surface area contributed by atoms with Crippen molar-refractivity contribution in [2.45, 2.75) is 19.9 Å². The quantitative estimate of drug-likeness (QED) is 0.832. The van der Waals surface area contributed by atoms with Gasteiger partial charge in [-0.15, -0.1) is 23.1 Å². The Morgan fingerprint density at radius 3 is 2.87 bits per heavy atom. The minimum absolute atomic E-state index is 0.197. The third-order valence-corrected chi connectivity index (χ3v) is 5.65. The first-order valence-electron chi connectivity index (χ1n) is 6.83. The van der Waals surface area contributed by atoms with Gasteiger partial charge in [0.2, 0.25) is 5.91 Å². The van der Waals surface area contributed by atoms with Crippen LogP contribution in [0.2, 0.25) is 0 Å². The topological polar surface area (TPSA) is 75.4 Å². The fourth-order valence-corrected chi connectivity index (χ4v) is 4.57. The van der Waals surface area contributed by atoms with Crippen molar-refractivity contribution in [2.75, 3.05) is 16.9 Å². The number of aromatic nitrogens is 1. The largest absolute Gasteiger partial charge is 0.454 e. The van der Waals surface area contributed by atoms with Gasteiger partial charge in [-0.2, -0.15) is 0 Å². The Labute approximate surface area is 149 Å². The van der Waals surface area contributed by atoms with Gasteiger partial charge in [0.15, 0.2) is 9.80 Å². The lowest BCUT2D eigenvalue weighted by Crippen LogP contribution is -2.44. The minimum Gasteiger partial charge on any atom is -0.454 e. The highest BCUT2D eigenvalue weighted by Crippen LogP contribution is 2.28. The lowest BCUT2D eigenvalue weighted by atomic mass is 10.2. The summed E-state index contributed by atoms with van der Waals surface area (Å²) < 4.78 is 5.85. The van der Waals surface area contributed by atoms with E-state index < -0.39 is 6.04 Å². The molecule has 1 aliphatic heterocycles. The van der Waals surface area contributed by atoms with E-state index >= 15 is 0 Å². The van der Waals surface area contributed by atoms with Crippen LogP contribution in [0.4, 0.5) is 5.13 Å². The lowest BCUT2D eigenvalue weighted by molar-refractivity contribution is -0.119. The van der Waals surface area contributed by atoms with Crippen molar-refractivity contribution in [3.63, 3.8) is 0 Å². The second-order valence-electron chi connectivity index (χ2n) is 5.08. The molecule has 1 aliphatic rings. The van der Waals surface area contributed by atoms with Crippen LogP contribution >= 0.6 is 39.0 Å². The molecule has 1 fully saturated rings. The number of halogens is 1. The van der Waals surface area contributed by atoms with Gasteiger partial charge in [0.25, 0.3) is 5.91 Å². The predicted molar refractivity (Wildman–Crippen MR) is 93.9 cm³/mol. The van der Waals surface area contributed by atoms with Crippen LogP contribution in [0, 0.1) is 13.8 Å². The third kappa shape index (κ3) is 3.46. The van der Waals surface area contributed by atoms with E-state index in [1.807, 2.05) is 6.92 Å². The Bertz CT molecular complexity index is 758. The highest BCUT2D eigenvalue weighted by molar-refractivity contribution is 9.10. The average molecular weight is 416 g/mol. The molecule has 1 N–H and O–H groups in total. The van der Waals surface area contributed by atoms with Crippen molar-refractivity contribution in [1.82, 2.24) is 9.88 Å². The number of hydrogen-bond acceptors (Lipinski definition) is 6. The molecule has 23 heavy (non-hydrogen) atoms. The predicted octanol–water partition coefficient (Wildman–Crippen LogP) is 3.27. The van der Waals surface area contributed by atoms with Gasteiger partial charge >= 0.3 is 0 Å². The fourth-order valence-electron chi connectivity index (χ4n) is 2.27. The van der Waals surface area contributed by atoms with Crippen LogP contribution in [0.5, 0.6) is 0 Å². The first kappa shape index (κ1) is 16.5. The van der Waals surface area contributed by atoms with Gasteiger partial charge in [0.1, 0.15) is 11.8 Å². The summed E-state index contributed by atoms with van der Waals surface area (Å²) in [6.07, 6.45) is 1.71. The van der Waals surface area contributed by atoms with E-state index in [0.717, 1.165) is 4.88 Å². The first-order valence-corrected chi connectivity index (χ1v) is 9.60. The van der Waals surface area contributed by atoms with Crippen molar-refractivity contribution in [3.05, 3.63) is 33.1 Å². The molecule has 6 nitrogen and oxygen atoms in total. The molecule has 3 heterocycles. The normalized spacial score (nSPS) is 17.5. The summed E-state index contributed by atoms with van der Waals surface area (Å²) in [5.74, 6) is 1.18. The Morgan fingerprint density at radius 2 is 2.26 bits per heavy atom. The zero-order valence-corrected chi connectivity index (χ0v) is 15.7. The average Bonchev–Trinajstić information content (AvgIpc) is 3.19. The summed E-state index contributed by atoms with van der Waals surface area (Å²) in [6.45, 7) is 3.66. The van der Waals surface area contributed by atoms with Gasteiger partial charge in [0.05, 0.1) is 11.4 Å². The molecule has 0 bridgehead atoms. The number of rotatable bonds is 3. The number of carbonyl (C=O) groups excluding carboxylic acids is 2. The van der Waals surface area contributed by atoms with Crippen molar-refractivity contribution in [3.8, 4) is 0 Å². The summed E-state index contributed by atoms with van der Waals surface area (Å²) in [5, 5.41) is 3.34. The Kier molecular flexibility index (Phi) is 4.79. The number of hydrogen-bond donors (Lipinski definition) is 1. The van der Waals surface area contributed by atoms with Crippen molar-refractivity contribution >= 4 is 56.0 Å². The second-order valence-corrected chi connectivity index (χ2v) is 8.09.